The lowest BCUT2D eigenvalue weighted by Crippen LogP contribution is -2.32. The molecule has 0 aliphatic heterocycles. The summed E-state index contributed by atoms with van der Waals surface area (Å²) in [5, 5.41) is 14.1. The summed E-state index contributed by atoms with van der Waals surface area (Å²) < 4.78 is 45.9. The fourth-order valence-electron chi connectivity index (χ4n) is 4.12. The number of halogens is 3. The summed E-state index contributed by atoms with van der Waals surface area (Å²) in [5.41, 5.74) is 10.5. The predicted octanol–water partition coefficient (Wildman–Crippen LogP) is 3.56. The molecule has 10 heteroatoms. The highest BCUT2D eigenvalue weighted by Gasteiger charge is 2.34. The second kappa shape index (κ2) is 7.59. The van der Waals surface area contributed by atoms with Gasteiger partial charge in [0.15, 0.2) is 5.82 Å². The summed E-state index contributed by atoms with van der Waals surface area (Å²) in [6.45, 7) is 0. The van der Waals surface area contributed by atoms with E-state index in [4.69, 9.17) is 11.5 Å². The quantitative estimate of drug-likeness (QED) is 0.436. The smallest absolute Gasteiger partial charge is 0.254 e. The van der Waals surface area contributed by atoms with Crippen LogP contribution in [0.3, 0.4) is 0 Å². The van der Waals surface area contributed by atoms with Gasteiger partial charge in [0.2, 0.25) is 0 Å². The van der Waals surface area contributed by atoms with Gasteiger partial charge in [-0.05, 0) is 37.1 Å². The molecule has 1 aliphatic carbocycles. The third-order valence-electron chi connectivity index (χ3n) is 5.89. The van der Waals surface area contributed by atoms with E-state index in [0.717, 1.165) is 12.1 Å². The first-order valence-electron chi connectivity index (χ1n) is 10.2. The summed E-state index contributed by atoms with van der Waals surface area (Å²) in [6, 6.07) is 9.02. The molecule has 1 fully saturated rings. The number of nitrogens with two attached hydrogens (primary N) is 2. The number of hydrogen-bond acceptors (Lipinski definition) is 5. The van der Waals surface area contributed by atoms with Crippen molar-refractivity contribution in [2.24, 2.45) is 5.73 Å². The minimum atomic E-state index is -0.896. The number of carbonyl (C=O) groups is 1. The van der Waals surface area contributed by atoms with E-state index < -0.39 is 29.5 Å². The number of aliphatic hydroxyl groups is 1. The number of fused-ring (bicyclic) bond motifs is 1. The molecule has 1 aliphatic rings. The first kappa shape index (κ1) is 21.0. The Balaban J connectivity index is 1.71. The van der Waals surface area contributed by atoms with Crippen molar-refractivity contribution in [3.8, 4) is 22.5 Å². The van der Waals surface area contributed by atoms with Gasteiger partial charge in [0.05, 0.1) is 12.1 Å². The zero-order valence-corrected chi connectivity index (χ0v) is 17.1. The van der Waals surface area contributed by atoms with Crippen LogP contribution >= 0.6 is 0 Å². The Labute approximate surface area is 185 Å². The summed E-state index contributed by atoms with van der Waals surface area (Å²) in [7, 11) is 0. The van der Waals surface area contributed by atoms with Crippen LogP contribution in [0.15, 0.2) is 42.5 Å². The van der Waals surface area contributed by atoms with Gasteiger partial charge >= 0.3 is 0 Å². The van der Waals surface area contributed by atoms with Gasteiger partial charge < -0.3 is 16.6 Å². The Hall–Kier alpha value is -3.92. The highest BCUT2D eigenvalue weighted by atomic mass is 19.1. The summed E-state index contributed by atoms with van der Waals surface area (Å²) in [6.07, 6.45) is 0.264. The molecule has 0 radical (unpaired) electrons. The van der Waals surface area contributed by atoms with Gasteiger partial charge in [-0.2, -0.15) is 5.10 Å². The standard InChI is InChI=1S/C23H18F3N5O2/c24-15-4-2-1-3-13(15)20-16(25)7-10-5-6-14(18(26)19(10)29-20)21-17(23(28)33)22(27)31(30-21)11-8-12(32)9-11/h1-7,11-12,32H,8-9,27H2,(H2,28,33). The molecule has 4 aromatic rings. The molecular weight excluding hydrogens is 435 g/mol. The first-order chi connectivity index (χ1) is 15.8. The van der Waals surface area contributed by atoms with E-state index in [-0.39, 0.29) is 50.8 Å². The van der Waals surface area contributed by atoms with E-state index in [1.165, 1.54) is 35.0 Å². The van der Waals surface area contributed by atoms with Gasteiger partial charge in [0, 0.05) is 16.5 Å². The molecule has 1 amide bonds. The number of anilines is 1. The van der Waals surface area contributed by atoms with Crippen molar-refractivity contribution in [2.45, 2.75) is 25.0 Å². The van der Waals surface area contributed by atoms with E-state index in [2.05, 4.69) is 10.1 Å². The predicted molar refractivity (Wildman–Crippen MR) is 115 cm³/mol. The number of primary amides is 1. The maximum absolute atomic E-state index is 15.7. The Kier molecular flexibility index (Phi) is 4.82. The normalized spacial score (nSPS) is 17.8. The van der Waals surface area contributed by atoms with Crippen LogP contribution in [0.2, 0.25) is 0 Å². The molecule has 168 valence electrons. The lowest BCUT2D eigenvalue weighted by atomic mass is 9.90. The number of nitrogen functional groups attached to an aromatic ring is 1. The summed E-state index contributed by atoms with van der Waals surface area (Å²) in [4.78, 5) is 16.2. The molecule has 0 unspecified atom stereocenters. The summed E-state index contributed by atoms with van der Waals surface area (Å²) in [5.74, 6) is -3.33. The van der Waals surface area contributed by atoms with Crippen LogP contribution in [0.5, 0.6) is 0 Å². The summed E-state index contributed by atoms with van der Waals surface area (Å²) >= 11 is 0. The number of carbonyl (C=O) groups excluding carboxylic acids is 1. The van der Waals surface area contributed by atoms with Crippen molar-refractivity contribution in [3.05, 3.63) is 65.5 Å². The number of rotatable bonds is 4. The van der Waals surface area contributed by atoms with Crippen molar-refractivity contribution in [1.82, 2.24) is 14.8 Å². The van der Waals surface area contributed by atoms with Crippen LogP contribution in [-0.4, -0.2) is 31.9 Å². The zero-order chi connectivity index (χ0) is 23.4. The van der Waals surface area contributed by atoms with E-state index in [9.17, 15) is 18.7 Å². The van der Waals surface area contributed by atoms with E-state index in [1.807, 2.05) is 0 Å². The second-order valence-corrected chi connectivity index (χ2v) is 7.99. The van der Waals surface area contributed by atoms with Gasteiger partial charge in [-0.25, -0.2) is 22.8 Å². The molecule has 2 aromatic heterocycles. The minimum Gasteiger partial charge on any atom is -0.393 e. The van der Waals surface area contributed by atoms with Crippen molar-refractivity contribution in [2.75, 3.05) is 5.73 Å². The van der Waals surface area contributed by atoms with E-state index in [1.54, 1.807) is 0 Å². The van der Waals surface area contributed by atoms with Gasteiger partial charge in [0.1, 0.15) is 39.9 Å². The topological polar surface area (TPSA) is 120 Å². The van der Waals surface area contributed by atoms with Gasteiger partial charge in [-0.15, -0.1) is 0 Å². The van der Waals surface area contributed by atoms with Crippen LogP contribution in [0, 0.1) is 17.5 Å². The highest BCUT2D eigenvalue weighted by molar-refractivity contribution is 6.04. The van der Waals surface area contributed by atoms with Crippen molar-refractivity contribution in [1.29, 1.82) is 0 Å². The van der Waals surface area contributed by atoms with Crippen LogP contribution in [0.1, 0.15) is 29.2 Å². The second-order valence-electron chi connectivity index (χ2n) is 7.99. The van der Waals surface area contributed by atoms with E-state index >= 15 is 4.39 Å². The molecule has 2 heterocycles. The van der Waals surface area contributed by atoms with E-state index in [0.29, 0.717) is 12.8 Å². The number of amides is 1. The highest BCUT2D eigenvalue weighted by Crippen LogP contribution is 2.39. The van der Waals surface area contributed by atoms with Gasteiger partial charge in [-0.1, -0.05) is 18.2 Å². The molecule has 0 atom stereocenters. The largest absolute Gasteiger partial charge is 0.393 e. The average molecular weight is 453 g/mol. The third kappa shape index (κ3) is 3.30. The molecule has 0 spiro atoms. The number of aliphatic hydroxyl groups excluding tert-OH is 1. The average Bonchev–Trinajstić information content (AvgIpc) is 3.08. The number of hydrogen-bond donors (Lipinski definition) is 3. The maximum atomic E-state index is 15.7. The molecule has 1 saturated carbocycles. The molecular formula is C23H18F3N5O2. The fraction of sp³-hybridized carbons (Fsp3) is 0.174. The van der Waals surface area contributed by atoms with Crippen LogP contribution in [0.4, 0.5) is 19.0 Å². The molecule has 2 aromatic carbocycles. The molecule has 7 nitrogen and oxygen atoms in total. The molecule has 0 bridgehead atoms. The third-order valence-corrected chi connectivity index (χ3v) is 5.89. The fourth-order valence-corrected chi connectivity index (χ4v) is 4.12. The van der Waals surface area contributed by atoms with Crippen LogP contribution < -0.4 is 11.5 Å². The molecule has 5 rings (SSSR count). The monoisotopic (exact) mass is 453 g/mol. The van der Waals surface area contributed by atoms with Crippen LogP contribution in [-0.2, 0) is 0 Å². The zero-order valence-electron chi connectivity index (χ0n) is 17.1. The number of nitrogens with zero attached hydrogens (tertiary/aromatic N) is 3. The van der Waals surface area contributed by atoms with Gasteiger partial charge in [-0.3, -0.25) is 4.79 Å². The first-order valence-corrected chi connectivity index (χ1v) is 10.2. The molecule has 5 N–H and O–H groups in total. The minimum absolute atomic E-state index is 0.0343. The Morgan fingerprint density at radius 1 is 1.03 bits per heavy atom. The molecule has 0 saturated heterocycles. The maximum Gasteiger partial charge on any atom is 0.254 e. The van der Waals surface area contributed by atoms with Crippen LogP contribution in [0.25, 0.3) is 33.4 Å². The van der Waals surface area contributed by atoms with Crippen molar-refractivity contribution >= 4 is 22.6 Å². The number of pyridine rings is 1. The SMILES string of the molecule is NC(=O)c1c(-c2ccc3cc(F)c(-c4ccccc4F)nc3c2F)nn(C2CC(O)C2)c1N. The van der Waals surface area contributed by atoms with Crippen molar-refractivity contribution < 1.29 is 23.1 Å². The Morgan fingerprint density at radius 3 is 2.42 bits per heavy atom. The van der Waals surface area contributed by atoms with Gasteiger partial charge in [0.25, 0.3) is 5.91 Å². The number of benzene rings is 2. The lowest BCUT2D eigenvalue weighted by molar-refractivity contribution is 0.0445. The molecule has 33 heavy (non-hydrogen) atoms. The lowest BCUT2D eigenvalue weighted by Gasteiger charge is -2.32. The Bertz CT molecular complexity index is 1430. The van der Waals surface area contributed by atoms with Crippen molar-refractivity contribution in [3.63, 3.8) is 0 Å². The Morgan fingerprint density at radius 2 is 1.76 bits per heavy atom. The number of aromatic nitrogens is 3.